The molecule has 0 aliphatic heterocycles. The molecule has 0 atom stereocenters. The molecule has 0 heterocycles. The van der Waals surface area contributed by atoms with Crippen LogP contribution in [0.4, 0.5) is 10.5 Å². The Morgan fingerprint density at radius 1 is 1.31 bits per heavy atom. The van der Waals surface area contributed by atoms with Crippen LogP contribution in [-0.4, -0.2) is 23.7 Å². The summed E-state index contributed by atoms with van der Waals surface area (Å²) in [5, 5.41) is 13.2. The van der Waals surface area contributed by atoms with Gasteiger partial charge in [0.25, 0.3) is 0 Å². The molecule has 86 valence electrons. The van der Waals surface area contributed by atoms with E-state index in [1.807, 2.05) is 25.1 Å². The van der Waals surface area contributed by atoms with Gasteiger partial charge in [0.05, 0.1) is 0 Å². The second kappa shape index (κ2) is 5.75. The quantitative estimate of drug-likeness (QED) is 0.721. The molecule has 2 amide bonds. The molecule has 0 aliphatic rings. The predicted octanol–water partition coefficient (Wildman–Crippen LogP) is 1.46. The number of aliphatic carboxylic acids is 1. The van der Waals surface area contributed by atoms with E-state index in [0.29, 0.717) is 5.69 Å². The number of hydrogen-bond donors (Lipinski definition) is 3. The average molecular weight is 222 g/mol. The van der Waals surface area contributed by atoms with Gasteiger partial charge in [-0.05, 0) is 18.1 Å². The van der Waals surface area contributed by atoms with Crippen LogP contribution in [0.25, 0.3) is 0 Å². The van der Waals surface area contributed by atoms with Gasteiger partial charge in [0.1, 0.15) is 6.54 Å². The summed E-state index contributed by atoms with van der Waals surface area (Å²) in [4.78, 5) is 21.5. The summed E-state index contributed by atoms with van der Waals surface area (Å²) < 4.78 is 0. The first kappa shape index (κ1) is 12.0. The highest BCUT2D eigenvalue weighted by Gasteiger charge is 2.05. The summed E-state index contributed by atoms with van der Waals surface area (Å²) in [6.07, 6.45) is 0.801. The summed E-state index contributed by atoms with van der Waals surface area (Å²) in [5.41, 5.74) is 1.71. The molecule has 0 saturated heterocycles. The average Bonchev–Trinajstić information content (AvgIpc) is 2.27. The lowest BCUT2D eigenvalue weighted by Crippen LogP contribution is -2.33. The summed E-state index contributed by atoms with van der Waals surface area (Å²) in [5.74, 6) is -1.07. The highest BCUT2D eigenvalue weighted by atomic mass is 16.4. The van der Waals surface area contributed by atoms with Crippen LogP contribution in [0.15, 0.2) is 24.3 Å². The fourth-order valence-electron chi connectivity index (χ4n) is 1.27. The molecule has 5 nitrogen and oxygen atoms in total. The minimum absolute atomic E-state index is 0.389. The number of urea groups is 1. The zero-order valence-electron chi connectivity index (χ0n) is 8.99. The number of anilines is 1. The highest BCUT2D eigenvalue weighted by Crippen LogP contribution is 2.14. The maximum Gasteiger partial charge on any atom is 0.323 e. The van der Waals surface area contributed by atoms with Crippen LogP contribution in [0.1, 0.15) is 12.5 Å². The Bertz CT molecular complexity index is 391. The van der Waals surface area contributed by atoms with Crippen LogP contribution < -0.4 is 10.6 Å². The Morgan fingerprint density at radius 3 is 2.62 bits per heavy atom. The van der Waals surface area contributed by atoms with Gasteiger partial charge in [0.2, 0.25) is 0 Å². The van der Waals surface area contributed by atoms with Crippen molar-refractivity contribution in [3.05, 3.63) is 29.8 Å². The lowest BCUT2D eigenvalue weighted by atomic mass is 10.1. The van der Waals surface area contributed by atoms with Gasteiger partial charge < -0.3 is 15.7 Å². The van der Waals surface area contributed by atoms with Crippen LogP contribution in [0, 0.1) is 0 Å². The van der Waals surface area contributed by atoms with Gasteiger partial charge in [0, 0.05) is 5.69 Å². The van der Waals surface area contributed by atoms with Crippen LogP contribution in [0.2, 0.25) is 0 Å². The molecule has 0 aromatic heterocycles. The van der Waals surface area contributed by atoms with E-state index in [0.717, 1.165) is 12.0 Å². The normalized spacial score (nSPS) is 9.56. The highest BCUT2D eigenvalue weighted by molar-refractivity contribution is 5.91. The third-order valence-corrected chi connectivity index (χ3v) is 2.05. The number of carboxylic acid groups (broad SMARTS) is 1. The molecule has 0 bridgehead atoms. The third kappa shape index (κ3) is 3.61. The molecule has 0 radical (unpaired) electrons. The van der Waals surface area contributed by atoms with Crippen molar-refractivity contribution in [3.8, 4) is 0 Å². The number of rotatable bonds is 4. The molecular weight excluding hydrogens is 208 g/mol. The molecule has 0 fully saturated rings. The number of carbonyl (C=O) groups is 2. The SMILES string of the molecule is CCc1ccccc1NC(=O)NCC(=O)O. The monoisotopic (exact) mass is 222 g/mol. The summed E-state index contributed by atoms with van der Waals surface area (Å²) in [6, 6.07) is 6.88. The maximum absolute atomic E-state index is 11.3. The molecule has 1 aromatic rings. The van der Waals surface area contributed by atoms with Gasteiger partial charge in [-0.1, -0.05) is 25.1 Å². The lowest BCUT2D eigenvalue weighted by Gasteiger charge is -2.09. The second-order valence-electron chi connectivity index (χ2n) is 3.21. The van der Waals surface area contributed by atoms with Gasteiger partial charge in [-0.3, -0.25) is 4.79 Å². The molecule has 0 aliphatic carbocycles. The predicted molar refractivity (Wildman–Crippen MR) is 60.5 cm³/mol. The first-order valence-corrected chi connectivity index (χ1v) is 4.98. The van der Waals surface area contributed by atoms with Crippen molar-refractivity contribution in [3.63, 3.8) is 0 Å². The molecule has 16 heavy (non-hydrogen) atoms. The standard InChI is InChI=1S/C11H14N2O3/c1-2-8-5-3-4-6-9(8)13-11(16)12-7-10(14)15/h3-6H,2,7H2,1H3,(H,14,15)(H2,12,13,16). The number of nitrogens with one attached hydrogen (secondary N) is 2. The van der Waals surface area contributed by atoms with Gasteiger partial charge in [0.15, 0.2) is 0 Å². The molecule has 1 rings (SSSR count). The van der Waals surface area contributed by atoms with E-state index in [-0.39, 0.29) is 6.54 Å². The Morgan fingerprint density at radius 2 is 2.00 bits per heavy atom. The van der Waals surface area contributed by atoms with Gasteiger partial charge >= 0.3 is 12.0 Å². The number of hydrogen-bond acceptors (Lipinski definition) is 2. The number of para-hydroxylation sites is 1. The fraction of sp³-hybridized carbons (Fsp3) is 0.273. The van der Waals surface area contributed by atoms with E-state index in [2.05, 4.69) is 10.6 Å². The van der Waals surface area contributed by atoms with Crippen molar-refractivity contribution in [2.75, 3.05) is 11.9 Å². The first-order valence-electron chi connectivity index (χ1n) is 4.98. The van der Waals surface area contributed by atoms with Crippen molar-refractivity contribution in [1.29, 1.82) is 0 Å². The van der Waals surface area contributed by atoms with E-state index in [4.69, 9.17) is 5.11 Å². The summed E-state index contributed by atoms with van der Waals surface area (Å²) in [7, 11) is 0. The number of benzene rings is 1. The smallest absolute Gasteiger partial charge is 0.323 e. The zero-order valence-corrected chi connectivity index (χ0v) is 8.99. The number of carbonyl (C=O) groups excluding carboxylic acids is 1. The Kier molecular flexibility index (Phi) is 4.32. The molecule has 1 aromatic carbocycles. The number of amides is 2. The van der Waals surface area contributed by atoms with Crippen molar-refractivity contribution in [2.24, 2.45) is 0 Å². The molecule has 0 saturated carbocycles. The van der Waals surface area contributed by atoms with Crippen LogP contribution in [0.5, 0.6) is 0 Å². The van der Waals surface area contributed by atoms with Crippen molar-refractivity contribution in [2.45, 2.75) is 13.3 Å². The Labute approximate surface area is 93.5 Å². The van der Waals surface area contributed by atoms with Crippen LogP contribution >= 0.6 is 0 Å². The maximum atomic E-state index is 11.3. The van der Waals surface area contributed by atoms with E-state index in [1.54, 1.807) is 6.07 Å². The van der Waals surface area contributed by atoms with E-state index in [1.165, 1.54) is 0 Å². The number of carboxylic acids is 1. The minimum Gasteiger partial charge on any atom is -0.480 e. The third-order valence-electron chi connectivity index (χ3n) is 2.05. The fourth-order valence-corrected chi connectivity index (χ4v) is 1.27. The van der Waals surface area contributed by atoms with Crippen LogP contribution in [-0.2, 0) is 11.2 Å². The van der Waals surface area contributed by atoms with E-state index < -0.39 is 12.0 Å². The second-order valence-corrected chi connectivity index (χ2v) is 3.21. The van der Waals surface area contributed by atoms with E-state index >= 15 is 0 Å². The summed E-state index contributed by atoms with van der Waals surface area (Å²) in [6.45, 7) is 1.59. The molecule has 0 unspecified atom stereocenters. The molecular formula is C11H14N2O3. The lowest BCUT2D eigenvalue weighted by molar-refractivity contribution is -0.135. The van der Waals surface area contributed by atoms with Crippen molar-refractivity contribution >= 4 is 17.7 Å². The topological polar surface area (TPSA) is 78.4 Å². The zero-order chi connectivity index (χ0) is 12.0. The molecule has 3 N–H and O–H groups in total. The molecule has 5 heteroatoms. The number of aryl methyl sites for hydroxylation is 1. The van der Waals surface area contributed by atoms with Gasteiger partial charge in [-0.15, -0.1) is 0 Å². The Hall–Kier alpha value is -2.04. The largest absolute Gasteiger partial charge is 0.480 e. The van der Waals surface area contributed by atoms with Gasteiger partial charge in [-0.2, -0.15) is 0 Å². The Balaban J connectivity index is 2.58. The van der Waals surface area contributed by atoms with E-state index in [9.17, 15) is 9.59 Å². The molecule has 0 spiro atoms. The summed E-state index contributed by atoms with van der Waals surface area (Å²) >= 11 is 0. The minimum atomic E-state index is -1.07. The van der Waals surface area contributed by atoms with Crippen molar-refractivity contribution in [1.82, 2.24) is 5.32 Å². The van der Waals surface area contributed by atoms with Crippen molar-refractivity contribution < 1.29 is 14.7 Å². The van der Waals surface area contributed by atoms with Gasteiger partial charge in [-0.25, -0.2) is 4.79 Å². The first-order chi connectivity index (χ1) is 7.63. The van der Waals surface area contributed by atoms with Crippen LogP contribution in [0.3, 0.4) is 0 Å².